The Bertz CT molecular complexity index is 1090. The molecule has 0 radical (unpaired) electrons. The summed E-state index contributed by atoms with van der Waals surface area (Å²) in [5.74, 6) is 0.336. The van der Waals surface area contributed by atoms with E-state index in [0.29, 0.717) is 16.7 Å². The maximum absolute atomic E-state index is 12.5. The van der Waals surface area contributed by atoms with E-state index in [1.54, 1.807) is 23.7 Å². The van der Waals surface area contributed by atoms with Crippen LogP contribution in [0, 0.1) is 0 Å². The van der Waals surface area contributed by atoms with Crippen LogP contribution in [0.3, 0.4) is 0 Å². The number of carbonyl (C=O) groups is 1. The molecule has 136 valence electrons. The van der Waals surface area contributed by atoms with E-state index in [9.17, 15) is 14.4 Å². The SMILES string of the molecule is Cn1c(SCC(=O)c2c(N)n(C)c(=O)n(C)c2=O)nnc1-c1ccco1. The Morgan fingerprint density at radius 1 is 1.19 bits per heavy atom. The minimum atomic E-state index is -0.717. The van der Waals surface area contributed by atoms with Gasteiger partial charge < -0.3 is 14.7 Å². The fourth-order valence-corrected chi connectivity index (χ4v) is 3.17. The monoisotopic (exact) mass is 376 g/mol. The molecule has 3 aromatic rings. The number of Topliss-reactive ketones (excluding diaryl/α,β-unsaturated/α-hetero) is 1. The molecule has 0 aliphatic rings. The molecule has 0 bridgehead atoms. The molecule has 0 fully saturated rings. The second kappa shape index (κ2) is 6.67. The quantitative estimate of drug-likeness (QED) is 0.487. The van der Waals surface area contributed by atoms with Crippen molar-refractivity contribution in [3.63, 3.8) is 0 Å². The van der Waals surface area contributed by atoms with Gasteiger partial charge in [-0.15, -0.1) is 10.2 Å². The lowest BCUT2D eigenvalue weighted by molar-refractivity contribution is 0.102. The van der Waals surface area contributed by atoms with Crippen LogP contribution in [0.25, 0.3) is 11.6 Å². The molecule has 3 heterocycles. The van der Waals surface area contributed by atoms with Crippen LogP contribution in [-0.2, 0) is 21.1 Å². The van der Waals surface area contributed by atoms with Crippen molar-refractivity contribution in [3.8, 4) is 11.6 Å². The Kier molecular flexibility index (Phi) is 4.55. The lowest BCUT2D eigenvalue weighted by Crippen LogP contribution is -2.41. The molecular weight excluding hydrogens is 360 g/mol. The van der Waals surface area contributed by atoms with Gasteiger partial charge in [-0.25, -0.2) is 4.79 Å². The Hall–Kier alpha value is -3.08. The zero-order chi connectivity index (χ0) is 19.0. The standard InChI is InChI=1S/C15H16N6O4S/c1-19-11(16)10(13(23)21(3)15(19)24)8(22)7-26-14-18-17-12(20(14)2)9-5-4-6-25-9/h4-6H,7,16H2,1-3H3. The number of aromatic nitrogens is 5. The molecule has 10 nitrogen and oxygen atoms in total. The largest absolute Gasteiger partial charge is 0.461 e. The molecule has 0 atom stereocenters. The maximum atomic E-state index is 12.5. The zero-order valence-electron chi connectivity index (χ0n) is 14.3. The number of hydrogen-bond acceptors (Lipinski definition) is 8. The third-order valence-electron chi connectivity index (χ3n) is 3.90. The molecule has 3 aromatic heterocycles. The summed E-state index contributed by atoms with van der Waals surface area (Å²) in [6.07, 6.45) is 1.53. The zero-order valence-corrected chi connectivity index (χ0v) is 15.1. The lowest BCUT2D eigenvalue weighted by Gasteiger charge is -2.10. The Balaban J connectivity index is 1.85. The third-order valence-corrected chi connectivity index (χ3v) is 4.92. The summed E-state index contributed by atoms with van der Waals surface area (Å²) in [7, 11) is 4.44. The molecule has 3 rings (SSSR count). The Morgan fingerprint density at radius 3 is 2.58 bits per heavy atom. The third kappa shape index (κ3) is 2.86. The molecule has 0 aromatic carbocycles. The van der Waals surface area contributed by atoms with Crippen molar-refractivity contribution < 1.29 is 9.21 Å². The van der Waals surface area contributed by atoms with E-state index in [1.165, 1.54) is 20.4 Å². The van der Waals surface area contributed by atoms with Crippen LogP contribution in [0.15, 0.2) is 37.6 Å². The van der Waals surface area contributed by atoms with Crippen molar-refractivity contribution in [3.05, 3.63) is 44.8 Å². The Morgan fingerprint density at radius 2 is 1.92 bits per heavy atom. The van der Waals surface area contributed by atoms with Crippen molar-refractivity contribution in [1.82, 2.24) is 23.9 Å². The fourth-order valence-electron chi connectivity index (χ4n) is 2.39. The van der Waals surface area contributed by atoms with Gasteiger partial charge in [-0.1, -0.05) is 11.8 Å². The smallest absolute Gasteiger partial charge is 0.332 e. The van der Waals surface area contributed by atoms with E-state index >= 15 is 0 Å². The predicted molar refractivity (Wildman–Crippen MR) is 95.1 cm³/mol. The molecule has 0 saturated carbocycles. The van der Waals surface area contributed by atoms with E-state index in [-0.39, 0.29) is 17.1 Å². The van der Waals surface area contributed by atoms with Gasteiger partial charge in [-0.2, -0.15) is 0 Å². The number of nitrogens with two attached hydrogens (primary N) is 1. The van der Waals surface area contributed by atoms with Crippen LogP contribution in [-0.4, -0.2) is 35.4 Å². The summed E-state index contributed by atoms with van der Waals surface area (Å²) in [6, 6.07) is 3.48. The van der Waals surface area contributed by atoms with E-state index in [4.69, 9.17) is 10.2 Å². The van der Waals surface area contributed by atoms with Crippen LogP contribution in [0.5, 0.6) is 0 Å². The van der Waals surface area contributed by atoms with E-state index in [2.05, 4.69) is 10.2 Å². The summed E-state index contributed by atoms with van der Waals surface area (Å²) in [5.41, 5.74) is 4.28. The molecule has 0 unspecified atom stereocenters. The summed E-state index contributed by atoms with van der Waals surface area (Å²) in [4.78, 5) is 36.6. The number of hydrogen-bond donors (Lipinski definition) is 1. The summed E-state index contributed by atoms with van der Waals surface area (Å²) < 4.78 is 8.88. The van der Waals surface area contributed by atoms with Gasteiger partial charge in [0.25, 0.3) is 5.56 Å². The van der Waals surface area contributed by atoms with Crippen molar-refractivity contribution in [1.29, 1.82) is 0 Å². The van der Waals surface area contributed by atoms with Gasteiger partial charge in [-0.05, 0) is 12.1 Å². The predicted octanol–water partition coefficient (Wildman–Crippen LogP) is 0.0297. The number of nitrogens with zero attached hydrogens (tertiary/aromatic N) is 5. The average molecular weight is 376 g/mol. The second-order valence-electron chi connectivity index (χ2n) is 5.52. The highest BCUT2D eigenvalue weighted by atomic mass is 32.2. The first-order chi connectivity index (χ1) is 12.3. The summed E-state index contributed by atoms with van der Waals surface area (Å²) in [6.45, 7) is 0. The highest BCUT2D eigenvalue weighted by Crippen LogP contribution is 2.23. The van der Waals surface area contributed by atoms with E-state index < -0.39 is 17.0 Å². The molecule has 11 heteroatoms. The van der Waals surface area contributed by atoms with Crippen LogP contribution in [0.1, 0.15) is 10.4 Å². The lowest BCUT2D eigenvalue weighted by atomic mass is 10.2. The minimum absolute atomic E-state index is 0.0816. The van der Waals surface area contributed by atoms with Crippen LogP contribution < -0.4 is 17.0 Å². The van der Waals surface area contributed by atoms with Crippen LogP contribution in [0.2, 0.25) is 0 Å². The van der Waals surface area contributed by atoms with Gasteiger partial charge >= 0.3 is 5.69 Å². The Labute approximate surface area is 151 Å². The number of ketones is 1. The highest BCUT2D eigenvalue weighted by Gasteiger charge is 2.21. The molecular formula is C15H16N6O4S. The van der Waals surface area contributed by atoms with Gasteiger partial charge in [0.15, 0.2) is 22.5 Å². The first-order valence-corrected chi connectivity index (χ1v) is 8.46. The van der Waals surface area contributed by atoms with E-state index in [0.717, 1.165) is 20.9 Å². The minimum Gasteiger partial charge on any atom is -0.461 e. The molecule has 0 aliphatic carbocycles. The molecule has 26 heavy (non-hydrogen) atoms. The average Bonchev–Trinajstić information content (AvgIpc) is 3.26. The molecule has 0 spiro atoms. The van der Waals surface area contributed by atoms with Gasteiger partial charge in [0, 0.05) is 21.1 Å². The number of nitrogen functional groups attached to an aromatic ring is 1. The van der Waals surface area contributed by atoms with Gasteiger partial charge in [0.1, 0.15) is 11.4 Å². The maximum Gasteiger partial charge on any atom is 0.332 e. The number of carbonyl (C=O) groups excluding carboxylic acids is 1. The van der Waals surface area contributed by atoms with Gasteiger partial charge in [0.05, 0.1) is 12.0 Å². The fraction of sp³-hybridized carbons (Fsp3) is 0.267. The van der Waals surface area contributed by atoms with Crippen LogP contribution in [0.4, 0.5) is 5.82 Å². The van der Waals surface area contributed by atoms with Crippen molar-refractivity contribution in [2.45, 2.75) is 5.16 Å². The molecule has 0 amide bonds. The van der Waals surface area contributed by atoms with Crippen molar-refractivity contribution in [2.75, 3.05) is 11.5 Å². The van der Waals surface area contributed by atoms with Gasteiger partial charge in [0.2, 0.25) is 0 Å². The first-order valence-electron chi connectivity index (χ1n) is 7.47. The number of rotatable bonds is 5. The molecule has 2 N–H and O–H groups in total. The number of anilines is 1. The molecule has 0 saturated heterocycles. The van der Waals surface area contributed by atoms with E-state index in [1.807, 2.05) is 0 Å². The van der Waals surface area contributed by atoms with Gasteiger partial charge in [-0.3, -0.25) is 18.7 Å². The van der Waals surface area contributed by atoms with Crippen molar-refractivity contribution in [2.24, 2.45) is 21.1 Å². The first kappa shape index (κ1) is 17.7. The van der Waals surface area contributed by atoms with Crippen LogP contribution >= 0.6 is 11.8 Å². The topological polar surface area (TPSA) is 131 Å². The summed E-state index contributed by atoms with van der Waals surface area (Å²) in [5, 5.41) is 8.54. The number of thioether (sulfide) groups is 1. The molecule has 0 aliphatic heterocycles. The van der Waals surface area contributed by atoms with Crippen molar-refractivity contribution >= 4 is 23.4 Å². The number of furan rings is 1. The summed E-state index contributed by atoms with van der Waals surface area (Å²) >= 11 is 1.11. The normalized spacial score (nSPS) is 11.0. The highest BCUT2D eigenvalue weighted by molar-refractivity contribution is 7.99. The second-order valence-corrected chi connectivity index (χ2v) is 6.46.